The monoisotopic (exact) mass is 416 g/mol. The van der Waals surface area contributed by atoms with E-state index in [1.54, 1.807) is 0 Å². The molecule has 2 aromatic heterocycles. The Bertz CT molecular complexity index is 854. The zero-order valence-corrected chi connectivity index (χ0v) is 14.4. The average Bonchev–Trinajstić information content (AvgIpc) is 2.56. The van der Waals surface area contributed by atoms with Crippen LogP contribution in [0, 0.1) is 0 Å². The number of nitrogens with zero attached hydrogens (tertiary/aromatic N) is 4. The number of anilines is 2. The summed E-state index contributed by atoms with van der Waals surface area (Å²) < 4.78 is 92.2. The van der Waals surface area contributed by atoms with Crippen molar-refractivity contribution in [3.8, 4) is 11.5 Å². The van der Waals surface area contributed by atoms with E-state index in [4.69, 9.17) is 14.3 Å². The molecule has 0 saturated heterocycles. The molecule has 2 unspecified atom stereocenters. The summed E-state index contributed by atoms with van der Waals surface area (Å²) in [6, 6.07) is -4.00. The quantitative estimate of drug-likeness (QED) is 0.558. The van der Waals surface area contributed by atoms with Crippen molar-refractivity contribution in [2.24, 2.45) is 0 Å². The van der Waals surface area contributed by atoms with Gasteiger partial charge in [0.05, 0.1) is 2.74 Å². The topological polar surface area (TPSA) is 75.6 Å². The molecular formula is C14H13ClF6N6. The van der Waals surface area contributed by atoms with Crippen LogP contribution in [0.5, 0.6) is 0 Å². The van der Waals surface area contributed by atoms with Crippen LogP contribution in [-0.4, -0.2) is 44.4 Å². The van der Waals surface area contributed by atoms with Crippen LogP contribution >= 0.6 is 11.6 Å². The highest BCUT2D eigenvalue weighted by molar-refractivity contribution is 6.29. The fraction of sp³-hybridized carbons (Fsp3) is 0.429. The molecule has 2 aromatic rings. The number of pyridine rings is 1. The first-order valence-electron chi connectivity index (χ1n) is 8.25. The second-order valence-corrected chi connectivity index (χ2v) is 5.66. The number of aromatic nitrogens is 4. The van der Waals surface area contributed by atoms with Gasteiger partial charge >= 0.3 is 12.4 Å². The summed E-state index contributed by atoms with van der Waals surface area (Å²) in [5, 5.41) is 3.49. The van der Waals surface area contributed by atoms with Crippen LogP contribution < -0.4 is 10.6 Å². The molecule has 2 heterocycles. The summed E-state index contributed by atoms with van der Waals surface area (Å²) in [6.45, 7) is 1.52. The molecule has 0 aliphatic heterocycles. The fourth-order valence-corrected chi connectivity index (χ4v) is 1.74. The number of halogens is 7. The Labute approximate surface area is 157 Å². The molecule has 0 radical (unpaired) electrons. The summed E-state index contributed by atoms with van der Waals surface area (Å²) in [6.07, 6.45) is -9.37. The Morgan fingerprint density at radius 2 is 1.37 bits per heavy atom. The third-order valence-electron chi connectivity index (χ3n) is 3.13. The second-order valence-electron chi connectivity index (χ2n) is 5.31. The van der Waals surface area contributed by atoms with Crippen molar-refractivity contribution in [1.29, 1.82) is 0 Å². The van der Waals surface area contributed by atoms with Gasteiger partial charge in [0.2, 0.25) is 11.9 Å². The lowest BCUT2D eigenvalue weighted by Gasteiger charge is -2.20. The molecule has 0 fully saturated rings. The van der Waals surface area contributed by atoms with Crippen LogP contribution in [-0.2, 0) is 0 Å². The average molecular weight is 417 g/mol. The van der Waals surface area contributed by atoms with Crippen molar-refractivity contribution in [3.05, 3.63) is 23.3 Å². The maximum absolute atomic E-state index is 12.8. The third-order valence-corrected chi connectivity index (χ3v) is 3.32. The summed E-state index contributed by atoms with van der Waals surface area (Å²) >= 11 is 5.72. The normalized spacial score (nSPS) is 15.6. The summed E-state index contributed by atoms with van der Waals surface area (Å²) in [5.41, 5.74) is -0.348. The van der Waals surface area contributed by atoms with Crippen molar-refractivity contribution in [1.82, 2.24) is 19.9 Å². The maximum Gasteiger partial charge on any atom is 0.408 e. The predicted octanol–water partition coefficient (Wildman–Crippen LogP) is 4.31. The molecule has 0 bridgehead atoms. The Hall–Kier alpha value is -2.37. The van der Waals surface area contributed by atoms with Gasteiger partial charge in [-0.15, -0.1) is 0 Å². The zero-order valence-electron chi connectivity index (χ0n) is 15.7. The van der Waals surface area contributed by atoms with Gasteiger partial charge in [0, 0.05) is 0 Å². The highest BCUT2D eigenvalue weighted by atomic mass is 35.5. The molecule has 27 heavy (non-hydrogen) atoms. The lowest BCUT2D eigenvalue weighted by atomic mass is 10.3. The van der Waals surface area contributed by atoms with Gasteiger partial charge in [-0.2, -0.15) is 41.3 Å². The molecule has 148 valence electrons. The molecule has 0 spiro atoms. The Balaban J connectivity index is 2.54. The first-order valence-corrected chi connectivity index (χ1v) is 7.63. The molecule has 2 N–H and O–H groups in total. The summed E-state index contributed by atoms with van der Waals surface area (Å²) in [5.74, 6) is -1.88. The highest BCUT2D eigenvalue weighted by Gasteiger charge is 2.38. The minimum Gasteiger partial charge on any atom is -0.343 e. The zero-order chi connectivity index (χ0) is 22.1. The van der Waals surface area contributed by atoms with Crippen LogP contribution in [0.3, 0.4) is 0 Å². The second kappa shape index (κ2) is 7.71. The van der Waals surface area contributed by atoms with Crippen molar-refractivity contribution in [3.63, 3.8) is 0 Å². The molecule has 2 atom stereocenters. The molecule has 0 aliphatic carbocycles. The first-order chi connectivity index (χ1) is 13.2. The van der Waals surface area contributed by atoms with E-state index < -0.39 is 48.2 Å². The first kappa shape index (κ1) is 18.0. The van der Waals surface area contributed by atoms with Crippen LogP contribution in [0.15, 0.2) is 18.2 Å². The largest absolute Gasteiger partial charge is 0.408 e. The highest BCUT2D eigenvalue weighted by Crippen LogP contribution is 2.26. The summed E-state index contributed by atoms with van der Waals surface area (Å²) in [7, 11) is 0. The van der Waals surface area contributed by atoms with Crippen LogP contribution in [0.1, 0.15) is 16.6 Å². The van der Waals surface area contributed by atoms with Gasteiger partial charge in [-0.05, 0) is 25.9 Å². The van der Waals surface area contributed by atoms with E-state index in [0.29, 0.717) is 0 Å². The number of hydrogen-bond donors (Lipinski definition) is 2. The van der Waals surface area contributed by atoms with E-state index >= 15 is 0 Å². The van der Waals surface area contributed by atoms with E-state index in [2.05, 4.69) is 19.9 Å². The van der Waals surface area contributed by atoms with Crippen molar-refractivity contribution in [2.45, 2.75) is 38.3 Å². The van der Waals surface area contributed by atoms with Gasteiger partial charge in [-0.1, -0.05) is 17.7 Å². The van der Waals surface area contributed by atoms with Gasteiger partial charge in [0.1, 0.15) is 22.9 Å². The van der Waals surface area contributed by atoms with Crippen LogP contribution in [0.2, 0.25) is 5.15 Å². The van der Waals surface area contributed by atoms with Gasteiger partial charge in [0.25, 0.3) is 0 Å². The van der Waals surface area contributed by atoms with Crippen LogP contribution in [0.25, 0.3) is 11.5 Å². The number of nitrogens with one attached hydrogen (secondary N) is 2. The smallest absolute Gasteiger partial charge is 0.343 e. The molecule has 0 saturated carbocycles. The molecule has 6 nitrogen and oxygen atoms in total. The summed E-state index contributed by atoms with van der Waals surface area (Å²) in [4.78, 5) is 14.7. The van der Waals surface area contributed by atoms with Crippen LogP contribution in [0.4, 0.5) is 38.2 Å². The van der Waals surface area contributed by atoms with Crippen molar-refractivity contribution < 1.29 is 29.1 Å². The predicted molar refractivity (Wildman–Crippen MR) is 86.3 cm³/mol. The van der Waals surface area contributed by atoms with E-state index in [1.165, 1.54) is 0 Å². The molecule has 0 aromatic carbocycles. The Morgan fingerprint density at radius 1 is 0.889 bits per heavy atom. The molecular weight excluding hydrogens is 402 g/mol. The minimum atomic E-state index is -4.69. The molecule has 0 amide bonds. The van der Waals surface area contributed by atoms with Crippen molar-refractivity contribution >= 4 is 23.5 Å². The van der Waals surface area contributed by atoms with Gasteiger partial charge < -0.3 is 10.6 Å². The lowest BCUT2D eigenvalue weighted by molar-refractivity contribution is -0.139. The van der Waals surface area contributed by atoms with Crippen molar-refractivity contribution in [2.75, 3.05) is 10.6 Å². The number of rotatable bonds is 5. The minimum absolute atomic E-state index is 0.303. The lowest BCUT2D eigenvalue weighted by Crippen LogP contribution is -2.35. The molecule has 13 heteroatoms. The van der Waals surface area contributed by atoms with Gasteiger partial charge in [-0.25, -0.2) is 4.98 Å². The van der Waals surface area contributed by atoms with Gasteiger partial charge in [-0.3, -0.25) is 0 Å². The van der Waals surface area contributed by atoms with E-state index in [0.717, 1.165) is 19.9 Å². The van der Waals surface area contributed by atoms with Gasteiger partial charge in [0.15, 0.2) is 5.82 Å². The maximum atomic E-state index is 12.8. The fourth-order valence-electron chi connectivity index (χ4n) is 1.60. The van der Waals surface area contributed by atoms with E-state index in [9.17, 15) is 26.3 Å². The third kappa shape index (κ3) is 5.81. The number of alkyl halides is 6. The standard InChI is InChI=1S/C14H13ClF6N6/c1-6(13(16,17)18)22-11-25-10(8-4-3-5-9(15)24-8)26-12(27-11)23-7(2)14(19,20)21/h3-7H,1-2H3,(H2,22,23,25,26,27)/i4D,5D. The Morgan fingerprint density at radius 3 is 1.81 bits per heavy atom. The SMILES string of the molecule is [2H]c1cc([2H])c(-c2nc(NC(C)C(F)(F)F)nc(NC(C)C(F)(F)F)n2)nc1Cl. The molecule has 0 aliphatic rings. The number of hydrogen-bond acceptors (Lipinski definition) is 6. The Kier molecular flexibility index (Phi) is 5.14. The van der Waals surface area contributed by atoms with E-state index in [-0.39, 0.29) is 16.9 Å². The van der Waals surface area contributed by atoms with E-state index in [1.807, 2.05) is 10.6 Å². The molecule has 2 rings (SSSR count).